The quantitative estimate of drug-likeness (QED) is 0.278. The fourth-order valence-corrected chi connectivity index (χ4v) is 7.13. The van der Waals surface area contributed by atoms with E-state index in [0.717, 1.165) is 42.6 Å². The fourth-order valence-electron chi connectivity index (χ4n) is 5.53. The Morgan fingerprint density at radius 1 is 1.02 bits per heavy atom. The maximum atomic E-state index is 13.9. The number of aryl methyl sites for hydroxylation is 1. The number of hydrogen-bond acceptors (Lipinski definition) is 11. The average molecular weight is 588 g/mol. The average Bonchev–Trinajstić information content (AvgIpc) is 3.84. The number of nitrogens with zero attached hydrogens (tertiary/aromatic N) is 7. The lowest BCUT2D eigenvalue weighted by molar-refractivity contribution is 0.482. The van der Waals surface area contributed by atoms with Crippen molar-refractivity contribution in [2.24, 2.45) is 5.92 Å². The SMILES string of the molecule is CCc1nc(N)nc(C2CC2)c1-c1ncc2nc(NCc3ccc(S(=O)(=O)C4CC4)cn3)c(=O)n(C(C)C3CC3)c2n1. The van der Waals surface area contributed by atoms with Gasteiger partial charge in [-0.2, -0.15) is 0 Å². The zero-order valence-corrected chi connectivity index (χ0v) is 24.4. The molecular weight excluding hydrogens is 554 g/mol. The van der Waals surface area contributed by atoms with Crippen LogP contribution in [0.4, 0.5) is 11.8 Å². The van der Waals surface area contributed by atoms with Gasteiger partial charge in [-0.15, -0.1) is 0 Å². The third-order valence-electron chi connectivity index (χ3n) is 8.42. The molecule has 3 saturated carbocycles. The van der Waals surface area contributed by atoms with Gasteiger partial charge >= 0.3 is 0 Å². The minimum Gasteiger partial charge on any atom is -0.368 e. The number of aromatic nitrogens is 7. The molecule has 13 heteroatoms. The van der Waals surface area contributed by atoms with Crippen molar-refractivity contribution in [2.75, 3.05) is 11.1 Å². The Morgan fingerprint density at radius 2 is 1.81 bits per heavy atom. The molecule has 4 heterocycles. The van der Waals surface area contributed by atoms with Crippen LogP contribution in [-0.4, -0.2) is 48.1 Å². The zero-order valence-electron chi connectivity index (χ0n) is 23.6. The van der Waals surface area contributed by atoms with Crippen molar-refractivity contribution in [3.05, 3.63) is 52.0 Å². The summed E-state index contributed by atoms with van der Waals surface area (Å²) < 4.78 is 26.7. The van der Waals surface area contributed by atoms with Crippen LogP contribution >= 0.6 is 0 Å². The molecule has 3 aliphatic rings. The van der Waals surface area contributed by atoms with Crippen molar-refractivity contribution in [2.45, 2.75) is 87.4 Å². The molecule has 1 atom stereocenters. The van der Waals surface area contributed by atoms with Crippen LogP contribution in [-0.2, 0) is 22.8 Å². The van der Waals surface area contributed by atoms with Gasteiger partial charge in [0.15, 0.2) is 27.1 Å². The van der Waals surface area contributed by atoms with Crippen LogP contribution in [0.3, 0.4) is 0 Å². The highest BCUT2D eigenvalue weighted by Gasteiger charge is 2.37. The molecule has 12 nitrogen and oxygen atoms in total. The van der Waals surface area contributed by atoms with Crippen molar-refractivity contribution in [3.63, 3.8) is 0 Å². The molecule has 0 aromatic carbocycles. The molecule has 0 aliphatic heterocycles. The minimum absolute atomic E-state index is 0.0763. The van der Waals surface area contributed by atoms with Gasteiger partial charge < -0.3 is 11.1 Å². The van der Waals surface area contributed by atoms with E-state index in [-0.39, 0.29) is 40.1 Å². The largest absolute Gasteiger partial charge is 0.368 e. The Labute approximate surface area is 243 Å². The monoisotopic (exact) mass is 587 g/mol. The van der Waals surface area contributed by atoms with E-state index in [0.29, 0.717) is 53.8 Å². The molecule has 0 radical (unpaired) electrons. The lowest BCUT2D eigenvalue weighted by Gasteiger charge is -2.19. The third kappa shape index (κ3) is 4.89. The Hall–Kier alpha value is -4.00. The first kappa shape index (κ1) is 26.9. The molecule has 0 spiro atoms. The molecule has 0 amide bonds. The van der Waals surface area contributed by atoms with Crippen LogP contribution in [0.15, 0.2) is 34.2 Å². The van der Waals surface area contributed by atoms with Gasteiger partial charge in [-0.1, -0.05) is 6.92 Å². The van der Waals surface area contributed by atoms with E-state index in [9.17, 15) is 13.2 Å². The molecule has 42 heavy (non-hydrogen) atoms. The first-order valence-electron chi connectivity index (χ1n) is 14.6. The van der Waals surface area contributed by atoms with E-state index in [1.54, 1.807) is 22.9 Å². The second-order valence-electron chi connectivity index (χ2n) is 11.6. The number of sulfone groups is 1. The maximum absolute atomic E-state index is 13.9. The normalized spacial score (nSPS) is 17.9. The Bertz CT molecular complexity index is 1860. The van der Waals surface area contributed by atoms with Gasteiger partial charge in [0.25, 0.3) is 5.56 Å². The number of nitrogens with one attached hydrogen (secondary N) is 1. The topological polar surface area (TPSA) is 172 Å². The second-order valence-corrected chi connectivity index (χ2v) is 13.8. The van der Waals surface area contributed by atoms with Gasteiger partial charge in [-0.3, -0.25) is 14.3 Å². The molecular formula is C29H33N9O3S. The van der Waals surface area contributed by atoms with Crippen LogP contribution < -0.4 is 16.6 Å². The molecule has 0 bridgehead atoms. The Morgan fingerprint density at radius 3 is 2.45 bits per heavy atom. The molecule has 4 aromatic rings. The summed E-state index contributed by atoms with van der Waals surface area (Å²) in [5, 5.41) is 2.84. The molecule has 3 fully saturated rings. The number of rotatable bonds is 10. The summed E-state index contributed by atoms with van der Waals surface area (Å²) in [7, 11) is -3.31. The summed E-state index contributed by atoms with van der Waals surface area (Å²) in [5.74, 6) is 1.60. The molecule has 1 unspecified atom stereocenters. The summed E-state index contributed by atoms with van der Waals surface area (Å²) in [6.45, 7) is 4.27. The summed E-state index contributed by atoms with van der Waals surface area (Å²) in [6, 6.07) is 3.17. The van der Waals surface area contributed by atoms with Crippen molar-refractivity contribution < 1.29 is 8.42 Å². The van der Waals surface area contributed by atoms with Gasteiger partial charge in [0.1, 0.15) is 5.52 Å². The molecule has 0 saturated heterocycles. The number of fused-ring (bicyclic) bond motifs is 1. The highest BCUT2D eigenvalue weighted by Crippen LogP contribution is 2.44. The van der Waals surface area contributed by atoms with Crippen molar-refractivity contribution in [3.8, 4) is 11.4 Å². The number of nitrogens with two attached hydrogens (primary N) is 1. The van der Waals surface area contributed by atoms with E-state index in [4.69, 9.17) is 10.7 Å². The molecule has 218 valence electrons. The van der Waals surface area contributed by atoms with E-state index < -0.39 is 9.84 Å². The number of hydrogen-bond donors (Lipinski definition) is 2. The highest BCUT2D eigenvalue weighted by molar-refractivity contribution is 7.92. The summed E-state index contributed by atoms with van der Waals surface area (Å²) in [5.41, 5.74) is 9.80. The van der Waals surface area contributed by atoms with E-state index in [1.165, 1.54) is 6.20 Å². The van der Waals surface area contributed by atoms with Crippen molar-refractivity contribution >= 4 is 32.8 Å². The summed E-state index contributed by atoms with van der Waals surface area (Å²) in [6.07, 6.45) is 9.27. The van der Waals surface area contributed by atoms with Gasteiger partial charge in [-0.25, -0.2) is 33.3 Å². The minimum atomic E-state index is -3.31. The van der Waals surface area contributed by atoms with Gasteiger partial charge in [0, 0.05) is 18.2 Å². The first-order chi connectivity index (χ1) is 20.2. The molecule has 3 N–H and O–H groups in total. The third-order valence-corrected chi connectivity index (χ3v) is 10.7. The Kier molecular flexibility index (Phi) is 6.44. The molecule has 3 aliphatic carbocycles. The number of nitrogen functional groups attached to an aromatic ring is 1. The first-order valence-corrected chi connectivity index (χ1v) is 16.2. The Balaban J connectivity index is 1.26. The standard InChI is InChI=1S/C29H33N9O3S/c1-3-21-23(24(17-6-7-17)36-29(30)35-21)25-33-14-22-27(37-25)38(15(2)16-4-5-16)28(39)26(34-22)32-12-18-8-9-20(13-31-18)42(40,41)19-10-11-19/h8-9,13-17,19H,3-7,10-12H2,1-2H3,(H,32,34)(H2,30,35,36). The predicted octanol–water partition coefficient (Wildman–Crippen LogP) is 3.58. The summed E-state index contributed by atoms with van der Waals surface area (Å²) >= 11 is 0. The van der Waals surface area contributed by atoms with E-state index in [2.05, 4.69) is 30.2 Å². The van der Waals surface area contributed by atoms with Gasteiger partial charge in [-0.05, 0) is 69.9 Å². The van der Waals surface area contributed by atoms with Crippen LogP contribution in [0.2, 0.25) is 0 Å². The zero-order chi connectivity index (χ0) is 29.2. The van der Waals surface area contributed by atoms with E-state index in [1.807, 2.05) is 13.8 Å². The summed E-state index contributed by atoms with van der Waals surface area (Å²) in [4.78, 5) is 41.7. The number of anilines is 2. The lowest BCUT2D eigenvalue weighted by atomic mass is 10.1. The second kappa shape index (κ2) is 10.1. The number of pyridine rings is 1. The van der Waals surface area contributed by atoms with Crippen molar-refractivity contribution in [1.82, 2.24) is 34.5 Å². The predicted molar refractivity (Wildman–Crippen MR) is 158 cm³/mol. The van der Waals surface area contributed by atoms with Crippen LogP contribution in [0.25, 0.3) is 22.6 Å². The lowest BCUT2D eigenvalue weighted by Crippen LogP contribution is -2.29. The van der Waals surface area contributed by atoms with E-state index >= 15 is 0 Å². The maximum Gasteiger partial charge on any atom is 0.295 e. The van der Waals surface area contributed by atoms with Crippen LogP contribution in [0.5, 0.6) is 0 Å². The van der Waals surface area contributed by atoms with Gasteiger partial charge in [0.2, 0.25) is 5.95 Å². The molecule has 7 rings (SSSR count). The van der Waals surface area contributed by atoms with Crippen LogP contribution in [0.1, 0.15) is 81.4 Å². The highest BCUT2D eigenvalue weighted by atomic mass is 32.2. The smallest absolute Gasteiger partial charge is 0.295 e. The van der Waals surface area contributed by atoms with Crippen LogP contribution in [0, 0.1) is 5.92 Å². The fraction of sp³-hybridized carbons (Fsp3) is 0.483. The van der Waals surface area contributed by atoms with Gasteiger partial charge in [0.05, 0.1) is 45.5 Å². The van der Waals surface area contributed by atoms with Crippen molar-refractivity contribution in [1.29, 1.82) is 0 Å². The molecule has 4 aromatic heterocycles.